The number of aliphatic hydroxyl groups excluding tert-OH is 1. The molecule has 0 bridgehead atoms. The number of aliphatic hydroxyl groups is 1. The van der Waals surface area contributed by atoms with Gasteiger partial charge in [-0.25, -0.2) is 0 Å². The molecule has 84 valence electrons. The van der Waals surface area contributed by atoms with Gasteiger partial charge in [-0.15, -0.1) is 0 Å². The van der Waals surface area contributed by atoms with Gasteiger partial charge in [-0.1, -0.05) is 12.1 Å². The zero-order valence-electron chi connectivity index (χ0n) is 9.06. The van der Waals surface area contributed by atoms with Crippen molar-refractivity contribution in [2.24, 2.45) is 5.73 Å². The number of hydrogen-bond acceptors (Lipinski definition) is 4. The third-order valence-corrected chi connectivity index (χ3v) is 2.27. The summed E-state index contributed by atoms with van der Waals surface area (Å²) in [5, 5.41) is 9.04. The van der Waals surface area contributed by atoms with Crippen LogP contribution in [0.1, 0.15) is 17.2 Å². The molecule has 1 unspecified atom stereocenters. The summed E-state index contributed by atoms with van der Waals surface area (Å²) >= 11 is 0. The van der Waals surface area contributed by atoms with Gasteiger partial charge in [0.25, 0.3) is 0 Å². The van der Waals surface area contributed by atoms with E-state index in [2.05, 4.69) is 0 Å². The number of hydrogen-bond donors (Lipinski definition) is 2. The Morgan fingerprint density at radius 2 is 2.13 bits per heavy atom. The Balaban J connectivity index is 3.12. The molecular weight excluding hydrogens is 194 g/mol. The molecule has 4 heteroatoms. The smallest absolute Gasteiger partial charge is 0.124 e. The van der Waals surface area contributed by atoms with Gasteiger partial charge in [-0.2, -0.15) is 0 Å². The summed E-state index contributed by atoms with van der Waals surface area (Å²) in [6.07, 6.45) is 0. The van der Waals surface area contributed by atoms with E-state index in [0.717, 1.165) is 16.9 Å². The second-order valence-electron chi connectivity index (χ2n) is 3.25. The van der Waals surface area contributed by atoms with E-state index in [1.807, 2.05) is 18.2 Å². The molecule has 0 aromatic heterocycles. The van der Waals surface area contributed by atoms with Gasteiger partial charge in [0.05, 0.1) is 26.4 Å². The van der Waals surface area contributed by atoms with Gasteiger partial charge in [0.2, 0.25) is 0 Å². The quantitative estimate of drug-likeness (QED) is 0.757. The summed E-state index contributed by atoms with van der Waals surface area (Å²) in [6, 6.07) is 5.17. The summed E-state index contributed by atoms with van der Waals surface area (Å²) in [7, 11) is 3.21. The van der Waals surface area contributed by atoms with Crippen molar-refractivity contribution < 1.29 is 14.6 Å². The predicted molar refractivity (Wildman–Crippen MR) is 57.7 cm³/mol. The normalized spacial score (nSPS) is 12.5. The van der Waals surface area contributed by atoms with Crippen molar-refractivity contribution in [2.75, 3.05) is 20.8 Å². The Bertz CT molecular complexity index is 315. The van der Waals surface area contributed by atoms with E-state index in [1.165, 1.54) is 0 Å². The van der Waals surface area contributed by atoms with Gasteiger partial charge in [0.1, 0.15) is 5.75 Å². The van der Waals surface area contributed by atoms with Crippen LogP contribution in [0.5, 0.6) is 5.75 Å². The molecule has 1 aromatic carbocycles. The van der Waals surface area contributed by atoms with Crippen LogP contribution in [0.2, 0.25) is 0 Å². The van der Waals surface area contributed by atoms with Crippen molar-refractivity contribution in [2.45, 2.75) is 12.6 Å². The Kier molecular flexibility index (Phi) is 4.55. The lowest BCUT2D eigenvalue weighted by Gasteiger charge is -2.16. The number of benzene rings is 1. The molecule has 0 amide bonds. The van der Waals surface area contributed by atoms with Crippen LogP contribution in [0.25, 0.3) is 0 Å². The van der Waals surface area contributed by atoms with E-state index in [-0.39, 0.29) is 6.61 Å². The molecule has 0 spiro atoms. The molecule has 0 aliphatic carbocycles. The fraction of sp³-hybridized carbons (Fsp3) is 0.455. The first kappa shape index (κ1) is 12.0. The highest BCUT2D eigenvalue weighted by Crippen LogP contribution is 2.26. The largest absolute Gasteiger partial charge is 0.496 e. The van der Waals surface area contributed by atoms with Crippen LogP contribution in [0, 0.1) is 0 Å². The first-order valence-corrected chi connectivity index (χ1v) is 4.75. The third-order valence-electron chi connectivity index (χ3n) is 2.27. The van der Waals surface area contributed by atoms with Crippen molar-refractivity contribution >= 4 is 0 Å². The van der Waals surface area contributed by atoms with Gasteiger partial charge in [0, 0.05) is 12.7 Å². The number of ether oxygens (including phenoxy) is 2. The molecule has 3 N–H and O–H groups in total. The Labute approximate surface area is 89.6 Å². The van der Waals surface area contributed by atoms with Crippen LogP contribution < -0.4 is 10.5 Å². The highest BCUT2D eigenvalue weighted by Gasteiger charge is 2.13. The summed E-state index contributed by atoms with van der Waals surface area (Å²) in [5.41, 5.74) is 7.54. The predicted octanol–water partition coefficient (Wildman–Crippen LogP) is 0.834. The van der Waals surface area contributed by atoms with E-state index in [1.54, 1.807) is 14.2 Å². The van der Waals surface area contributed by atoms with Crippen molar-refractivity contribution in [3.8, 4) is 5.75 Å². The highest BCUT2D eigenvalue weighted by atomic mass is 16.5. The second-order valence-corrected chi connectivity index (χ2v) is 3.25. The number of rotatable bonds is 5. The monoisotopic (exact) mass is 211 g/mol. The van der Waals surface area contributed by atoms with Crippen LogP contribution in [0.3, 0.4) is 0 Å². The van der Waals surface area contributed by atoms with Crippen LogP contribution in [0.15, 0.2) is 18.2 Å². The topological polar surface area (TPSA) is 64.7 Å². The zero-order valence-corrected chi connectivity index (χ0v) is 9.06. The van der Waals surface area contributed by atoms with E-state index in [0.29, 0.717) is 6.61 Å². The van der Waals surface area contributed by atoms with Gasteiger partial charge in [-0.05, 0) is 11.6 Å². The number of nitrogens with two attached hydrogens (primary N) is 1. The molecule has 0 heterocycles. The fourth-order valence-electron chi connectivity index (χ4n) is 1.52. The Morgan fingerprint density at radius 3 is 2.67 bits per heavy atom. The average Bonchev–Trinajstić information content (AvgIpc) is 2.28. The standard InChI is InChI=1S/C11H17NO3/c1-14-7-9-8(10(12)6-13)4-3-5-11(9)15-2/h3-5,10,13H,6-7,12H2,1-2H3. The highest BCUT2D eigenvalue weighted by molar-refractivity contribution is 5.41. The summed E-state index contributed by atoms with van der Waals surface area (Å²) in [6.45, 7) is 0.330. The molecule has 1 atom stereocenters. The van der Waals surface area contributed by atoms with Crippen LogP contribution in [0.4, 0.5) is 0 Å². The molecule has 1 aromatic rings. The van der Waals surface area contributed by atoms with Gasteiger partial charge < -0.3 is 20.3 Å². The SMILES string of the molecule is COCc1c(OC)cccc1C(N)CO. The molecule has 0 aliphatic rings. The maximum absolute atomic E-state index is 9.04. The number of methoxy groups -OCH3 is 2. The van der Waals surface area contributed by atoms with E-state index < -0.39 is 6.04 Å². The molecule has 1 rings (SSSR count). The minimum Gasteiger partial charge on any atom is -0.496 e. The zero-order chi connectivity index (χ0) is 11.3. The van der Waals surface area contributed by atoms with Crippen molar-refractivity contribution in [1.82, 2.24) is 0 Å². The summed E-state index contributed by atoms with van der Waals surface area (Å²) in [4.78, 5) is 0. The van der Waals surface area contributed by atoms with E-state index >= 15 is 0 Å². The van der Waals surface area contributed by atoms with Crippen LogP contribution in [-0.2, 0) is 11.3 Å². The lowest BCUT2D eigenvalue weighted by atomic mass is 10.0. The van der Waals surface area contributed by atoms with Gasteiger partial charge in [0.15, 0.2) is 0 Å². The Morgan fingerprint density at radius 1 is 1.40 bits per heavy atom. The molecule has 0 radical (unpaired) electrons. The lowest BCUT2D eigenvalue weighted by molar-refractivity contribution is 0.179. The van der Waals surface area contributed by atoms with Gasteiger partial charge >= 0.3 is 0 Å². The lowest BCUT2D eigenvalue weighted by Crippen LogP contribution is -2.17. The second kappa shape index (κ2) is 5.70. The summed E-state index contributed by atoms with van der Waals surface area (Å²) < 4.78 is 10.3. The van der Waals surface area contributed by atoms with E-state index in [9.17, 15) is 0 Å². The minimum atomic E-state index is -0.398. The average molecular weight is 211 g/mol. The molecule has 0 aliphatic heterocycles. The molecule has 4 nitrogen and oxygen atoms in total. The first-order valence-electron chi connectivity index (χ1n) is 4.75. The van der Waals surface area contributed by atoms with Crippen LogP contribution in [-0.4, -0.2) is 25.9 Å². The molecule has 0 fully saturated rings. The summed E-state index contributed by atoms with van der Waals surface area (Å²) in [5.74, 6) is 0.734. The van der Waals surface area contributed by atoms with Gasteiger partial charge in [-0.3, -0.25) is 0 Å². The molecular formula is C11H17NO3. The van der Waals surface area contributed by atoms with Crippen molar-refractivity contribution in [3.05, 3.63) is 29.3 Å². The first-order chi connectivity index (χ1) is 7.24. The van der Waals surface area contributed by atoms with Crippen LogP contribution >= 0.6 is 0 Å². The molecule has 0 saturated carbocycles. The molecule has 15 heavy (non-hydrogen) atoms. The van der Waals surface area contributed by atoms with Crippen molar-refractivity contribution in [1.29, 1.82) is 0 Å². The van der Waals surface area contributed by atoms with Crippen molar-refractivity contribution in [3.63, 3.8) is 0 Å². The third kappa shape index (κ3) is 2.68. The van der Waals surface area contributed by atoms with E-state index in [4.69, 9.17) is 20.3 Å². The molecule has 0 saturated heterocycles. The minimum absolute atomic E-state index is 0.0934. The maximum atomic E-state index is 9.04. The fourth-order valence-corrected chi connectivity index (χ4v) is 1.52. The Hall–Kier alpha value is -1.10. The maximum Gasteiger partial charge on any atom is 0.124 e.